The zero-order valence-corrected chi connectivity index (χ0v) is 10.7. The van der Waals surface area contributed by atoms with Gasteiger partial charge in [-0.15, -0.1) is 11.8 Å². The lowest BCUT2D eigenvalue weighted by atomic mass is 10.2. The fraction of sp³-hybridized carbons (Fsp3) is 0.500. The van der Waals surface area contributed by atoms with E-state index in [1.807, 2.05) is 0 Å². The minimum atomic E-state index is -0.451. The summed E-state index contributed by atoms with van der Waals surface area (Å²) in [5, 5.41) is 19.9. The van der Waals surface area contributed by atoms with E-state index in [4.69, 9.17) is 4.74 Å². The van der Waals surface area contributed by atoms with E-state index >= 15 is 0 Å². The van der Waals surface area contributed by atoms with Gasteiger partial charge in [0.15, 0.2) is 0 Å². The largest absolute Gasteiger partial charge is 0.392 e. The van der Waals surface area contributed by atoms with E-state index in [-0.39, 0.29) is 18.4 Å². The summed E-state index contributed by atoms with van der Waals surface area (Å²) in [5.41, 5.74) is 0.618. The third-order valence-electron chi connectivity index (χ3n) is 2.87. The van der Waals surface area contributed by atoms with Gasteiger partial charge in [-0.25, -0.2) is 0 Å². The van der Waals surface area contributed by atoms with Crippen LogP contribution in [0.2, 0.25) is 0 Å². The Morgan fingerprint density at radius 2 is 2.39 bits per heavy atom. The van der Waals surface area contributed by atoms with Crippen molar-refractivity contribution in [3.8, 4) is 0 Å². The molecule has 0 spiro atoms. The third-order valence-corrected chi connectivity index (χ3v) is 4.12. The van der Waals surface area contributed by atoms with Crippen LogP contribution in [0.25, 0.3) is 0 Å². The second-order valence-electron chi connectivity index (χ2n) is 4.15. The van der Waals surface area contributed by atoms with Crippen LogP contribution in [0.3, 0.4) is 0 Å². The highest BCUT2D eigenvalue weighted by Crippen LogP contribution is 2.29. The van der Waals surface area contributed by atoms with Gasteiger partial charge in [0.25, 0.3) is 5.69 Å². The Kier molecular flexibility index (Phi) is 4.57. The van der Waals surface area contributed by atoms with E-state index in [2.05, 4.69) is 0 Å². The van der Waals surface area contributed by atoms with Crippen molar-refractivity contribution in [3.63, 3.8) is 0 Å². The molecule has 1 fully saturated rings. The van der Waals surface area contributed by atoms with Crippen molar-refractivity contribution in [1.29, 1.82) is 0 Å². The lowest BCUT2D eigenvalue weighted by molar-refractivity contribution is -0.385. The molecule has 0 amide bonds. The highest BCUT2D eigenvalue weighted by molar-refractivity contribution is 7.99. The normalized spacial score (nSPS) is 19.1. The molecule has 1 aromatic rings. The van der Waals surface area contributed by atoms with Crippen molar-refractivity contribution in [1.82, 2.24) is 0 Å². The molecule has 1 heterocycles. The van der Waals surface area contributed by atoms with Gasteiger partial charge in [-0.05, 0) is 24.5 Å². The van der Waals surface area contributed by atoms with Crippen molar-refractivity contribution >= 4 is 17.4 Å². The smallest absolute Gasteiger partial charge is 0.269 e. The number of aliphatic hydroxyl groups excluding tert-OH is 1. The number of nitro groups is 1. The van der Waals surface area contributed by atoms with E-state index in [1.165, 1.54) is 12.1 Å². The second-order valence-corrected chi connectivity index (χ2v) is 5.22. The van der Waals surface area contributed by atoms with E-state index < -0.39 is 4.92 Å². The molecule has 0 radical (unpaired) electrons. The molecule has 0 saturated carbocycles. The van der Waals surface area contributed by atoms with Crippen molar-refractivity contribution < 1.29 is 14.8 Å². The average molecular weight is 269 g/mol. The molecule has 1 aliphatic heterocycles. The quantitative estimate of drug-likeness (QED) is 0.504. The zero-order valence-electron chi connectivity index (χ0n) is 9.87. The Bertz CT molecular complexity index is 432. The average Bonchev–Trinajstić information content (AvgIpc) is 2.89. The summed E-state index contributed by atoms with van der Waals surface area (Å²) in [6, 6.07) is 4.60. The number of hydrogen-bond donors (Lipinski definition) is 1. The molecule has 0 bridgehead atoms. The van der Waals surface area contributed by atoms with Crippen LogP contribution in [0.15, 0.2) is 23.1 Å². The fourth-order valence-electron chi connectivity index (χ4n) is 1.90. The van der Waals surface area contributed by atoms with Crippen LogP contribution in [0.4, 0.5) is 5.69 Å². The van der Waals surface area contributed by atoms with Crippen LogP contribution >= 0.6 is 11.8 Å². The van der Waals surface area contributed by atoms with Gasteiger partial charge in [0, 0.05) is 29.4 Å². The predicted molar refractivity (Wildman–Crippen MR) is 68.7 cm³/mol. The summed E-state index contributed by atoms with van der Waals surface area (Å²) in [7, 11) is 0. The minimum absolute atomic E-state index is 0.0144. The number of aliphatic hydroxyl groups is 1. The van der Waals surface area contributed by atoms with Crippen molar-refractivity contribution in [2.45, 2.75) is 30.4 Å². The van der Waals surface area contributed by atoms with Crippen LogP contribution in [0.5, 0.6) is 0 Å². The number of nitro benzene ring substituents is 1. The topological polar surface area (TPSA) is 72.6 Å². The lowest BCUT2D eigenvalue weighted by Gasteiger charge is -2.11. The van der Waals surface area contributed by atoms with Crippen LogP contribution < -0.4 is 0 Å². The predicted octanol–water partition coefficient (Wildman–Crippen LogP) is 2.36. The van der Waals surface area contributed by atoms with Gasteiger partial charge < -0.3 is 9.84 Å². The molecule has 1 aromatic carbocycles. The maximum absolute atomic E-state index is 10.6. The summed E-state index contributed by atoms with van der Waals surface area (Å²) < 4.78 is 5.52. The number of thioether (sulfide) groups is 1. The molecule has 6 heteroatoms. The Morgan fingerprint density at radius 3 is 3.00 bits per heavy atom. The van der Waals surface area contributed by atoms with E-state index in [0.717, 1.165) is 30.1 Å². The first kappa shape index (κ1) is 13.3. The van der Waals surface area contributed by atoms with Crippen LogP contribution in [-0.4, -0.2) is 28.5 Å². The van der Waals surface area contributed by atoms with Crippen LogP contribution in [-0.2, 0) is 11.3 Å². The molecule has 18 heavy (non-hydrogen) atoms. The Morgan fingerprint density at radius 1 is 1.56 bits per heavy atom. The molecular weight excluding hydrogens is 254 g/mol. The maximum Gasteiger partial charge on any atom is 0.269 e. The van der Waals surface area contributed by atoms with Crippen LogP contribution in [0.1, 0.15) is 18.4 Å². The van der Waals surface area contributed by atoms with E-state index in [1.54, 1.807) is 17.8 Å². The van der Waals surface area contributed by atoms with Crippen molar-refractivity contribution in [3.05, 3.63) is 33.9 Å². The van der Waals surface area contributed by atoms with Gasteiger partial charge in [0.05, 0.1) is 17.6 Å². The first-order valence-corrected chi connectivity index (χ1v) is 6.82. The van der Waals surface area contributed by atoms with Gasteiger partial charge in [0.1, 0.15) is 0 Å². The van der Waals surface area contributed by atoms with Gasteiger partial charge >= 0.3 is 0 Å². The number of non-ortho nitro benzene ring substituents is 1. The minimum Gasteiger partial charge on any atom is -0.392 e. The fourth-order valence-corrected chi connectivity index (χ4v) is 3.00. The standard InChI is InChI=1S/C12H15NO4S/c14-7-9-6-10(13(15)16)3-4-12(9)18-8-11-2-1-5-17-11/h3-4,6,11,14H,1-2,5,7-8H2. The van der Waals surface area contributed by atoms with Crippen molar-refractivity contribution in [2.75, 3.05) is 12.4 Å². The highest BCUT2D eigenvalue weighted by Gasteiger charge is 2.17. The van der Waals surface area contributed by atoms with Gasteiger partial charge in [-0.2, -0.15) is 0 Å². The number of benzene rings is 1. The summed E-state index contributed by atoms with van der Waals surface area (Å²) in [6.07, 6.45) is 2.42. The summed E-state index contributed by atoms with van der Waals surface area (Å²) in [6.45, 7) is 0.633. The molecule has 1 aliphatic rings. The summed E-state index contributed by atoms with van der Waals surface area (Å²) in [4.78, 5) is 11.1. The van der Waals surface area contributed by atoms with Crippen LogP contribution in [0, 0.1) is 10.1 Å². The Hall–Kier alpha value is -1.11. The summed E-state index contributed by atoms with van der Waals surface area (Å²) in [5.74, 6) is 0.824. The Balaban J connectivity index is 2.04. The number of hydrogen-bond acceptors (Lipinski definition) is 5. The molecule has 1 N–H and O–H groups in total. The first-order chi connectivity index (χ1) is 8.70. The van der Waals surface area contributed by atoms with Crippen molar-refractivity contribution in [2.24, 2.45) is 0 Å². The summed E-state index contributed by atoms with van der Waals surface area (Å²) >= 11 is 1.58. The molecule has 2 rings (SSSR count). The highest BCUT2D eigenvalue weighted by atomic mass is 32.2. The van der Waals surface area contributed by atoms with E-state index in [9.17, 15) is 15.2 Å². The maximum atomic E-state index is 10.6. The second kappa shape index (κ2) is 6.17. The molecule has 1 unspecified atom stereocenters. The van der Waals surface area contributed by atoms with E-state index in [0.29, 0.717) is 5.56 Å². The number of rotatable bonds is 5. The number of ether oxygens (including phenoxy) is 1. The lowest BCUT2D eigenvalue weighted by Crippen LogP contribution is -2.08. The molecule has 1 saturated heterocycles. The Labute approximate surface area is 109 Å². The molecule has 1 atom stereocenters. The zero-order chi connectivity index (χ0) is 13.0. The molecule has 98 valence electrons. The van der Waals surface area contributed by atoms with Gasteiger partial charge in [-0.1, -0.05) is 0 Å². The molecule has 0 aliphatic carbocycles. The third kappa shape index (κ3) is 3.22. The monoisotopic (exact) mass is 269 g/mol. The molecule has 0 aromatic heterocycles. The first-order valence-electron chi connectivity index (χ1n) is 5.83. The number of nitrogens with zero attached hydrogens (tertiary/aromatic N) is 1. The SMILES string of the molecule is O=[N+]([O-])c1ccc(SCC2CCCO2)c(CO)c1. The molecule has 5 nitrogen and oxygen atoms in total. The van der Waals surface area contributed by atoms with Gasteiger partial charge in [0.2, 0.25) is 0 Å². The van der Waals surface area contributed by atoms with Gasteiger partial charge in [-0.3, -0.25) is 10.1 Å². The molecular formula is C12H15NO4S.